The number of amides is 2. The quantitative estimate of drug-likeness (QED) is 0.721. The highest BCUT2D eigenvalue weighted by Gasteiger charge is 2.30. The molecular formula is C17H22N4O2S. The third-order valence-electron chi connectivity index (χ3n) is 4.28. The Morgan fingerprint density at radius 1 is 1.42 bits per heavy atom. The molecule has 0 aliphatic heterocycles. The van der Waals surface area contributed by atoms with Gasteiger partial charge in [-0.25, -0.2) is 4.68 Å². The summed E-state index contributed by atoms with van der Waals surface area (Å²) in [6.45, 7) is 2.63. The first-order valence-electron chi connectivity index (χ1n) is 8.29. The van der Waals surface area contributed by atoms with Gasteiger partial charge in [0.15, 0.2) is 0 Å². The first kappa shape index (κ1) is 16.7. The van der Waals surface area contributed by atoms with Crippen LogP contribution in [-0.2, 0) is 4.79 Å². The molecule has 2 N–H and O–H groups in total. The van der Waals surface area contributed by atoms with E-state index in [4.69, 9.17) is 0 Å². The molecule has 2 aromatic heterocycles. The molecule has 0 radical (unpaired) electrons. The molecule has 7 heteroatoms. The van der Waals surface area contributed by atoms with Crippen LogP contribution in [0.3, 0.4) is 0 Å². The van der Waals surface area contributed by atoms with Gasteiger partial charge in [0.2, 0.25) is 5.91 Å². The second-order valence-electron chi connectivity index (χ2n) is 6.16. The van der Waals surface area contributed by atoms with Crippen LogP contribution in [0.5, 0.6) is 0 Å². The maximum absolute atomic E-state index is 12.1. The molecule has 0 spiro atoms. The topological polar surface area (TPSA) is 76.0 Å². The van der Waals surface area contributed by atoms with Crippen molar-refractivity contribution in [2.24, 2.45) is 5.92 Å². The van der Waals surface area contributed by atoms with E-state index in [2.05, 4.69) is 22.7 Å². The largest absolute Gasteiger partial charge is 0.352 e. The van der Waals surface area contributed by atoms with Crippen LogP contribution in [0.2, 0.25) is 0 Å². The van der Waals surface area contributed by atoms with E-state index in [0.29, 0.717) is 36.9 Å². The molecule has 0 saturated heterocycles. The number of rotatable bonds is 8. The zero-order valence-corrected chi connectivity index (χ0v) is 14.5. The molecule has 0 aromatic carbocycles. The zero-order chi connectivity index (χ0) is 16.9. The minimum absolute atomic E-state index is 0.0514. The molecule has 24 heavy (non-hydrogen) atoms. The molecule has 128 valence electrons. The van der Waals surface area contributed by atoms with Crippen LogP contribution < -0.4 is 10.6 Å². The van der Waals surface area contributed by atoms with Gasteiger partial charge in [-0.15, -0.1) is 0 Å². The molecule has 2 heterocycles. The van der Waals surface area contributed by atoms with Gasteiger partial charge in [0, 0.05) is 30.0 Å². The van der Waals surface area contributed by atoms with Crippen molar-refractivity contribution in [3.05, 3.63) is 34.7 Å². The molecule has 2 aromatic rings. The monoisotopic (exact) mass is 346 g/mol. The normalized spacial score (nSPS) is 15.0. The summed E-state index contributed by atoms with van der Waals surface area (Å²) in [7, 11) is 0. The SMILES string of the molecule is C[C@H](C1CC1)n1nccc1NC(=O)CCCNC(=O)c1ccsc1. The first-order valence-corrected chi connectivity index (χ1v) is 9.23. The highest BCUT2D eigenvalue weighted by atomic mass is 32.1. The Labute approximate surface area is 145 Å². The lowest BCUT2D eigenvalue weighted by Crippen LogP contribution is -2.25. The number of nitrogens with one attached hydrogen (secondary N) is 2. The van der Waals surface area contributed by atoms with E-state index in [-0.39, 0.29) is 11.8 Å². The minimum Gasteiger partial charge on any atom is -0.352 e. The second-order valence-corrected chi connectivity index (χ2v) is 6.94. The van der Waals surface area contributed by atoms with Gasteiger partial charge in [0.05, 0.1) is 12.2 Å². The van der Waals surface area contributed by atoms with Crippen molar-refractivity contribution in [3.8, 4) is 0 Å². The average molecular weight is 346 g/mol. The van der Waals surface area contributed by atoms with E-state index in [1.807, 2.05) is 21.5 Å². The summed E-state index contributed by atoms with van der Waals surface area (Å²) < 4.78 is 1.90. The van der Waals surface area contributed by atoms with E-state index in [1.54, 1.807) is 12.3 Å². The number of anilines is 1. The predicted molar refractivity (Wildman–Crippen MR) is 94.2 cm³/mol. The van der Waals surface area contributed by atoms with Gasteiger partial charge in [0.25, 0.3) is 5.91 Å². The Kier molecular flexibility index (Phi) is 5.30. The van der Waals surface area contributed by atoms with E-state index in [1.165, 1.54) is 24.2 Å². The molecule has 2 amide bonds. The molecule has 1 fully saturated rings. The molecule has 3 rings (SSSR count). The summed E-state index contributed by atoms with van der Waals surface area (Å²) in [4.78, 5) is 23.9. The third-order valence-corrected chi connectivity index (χ3v) is 4.96. The summed E-state index contributed by atoms with van der Waals surface area (Å²) in [5.74, 6) is 1.28. The van der Waals surface area contributed by atoms with Crippen LogP contribution in [0, 0.1) is 5.92 Å². The molecule has 1 aliphatic rings. The lowest BCUT2D eigenvalue weighted by atomic mass is 10.2. The maximum Gasteiger partial charge on any atom is 0.252 e. The fourth-order valence-corrected chi connectivity index (χ4v) is 3.30. The van der Waals surface area contributed by atoms with Gasteiger partial charge >= 0.3 is 0 Å². The number of carbonyl (C=O) groups is 2. The Morgan fingerprint density at radius 2 is 2.25 bits per heavy atom. The molecule has 0 bridgehead atoms. The third kappa shape index (κ3) is 4.23. The zero-order valence-electron chi connectivity index (χ0n) is 13.7. The molecule has 6 nitrogen and oxygen atoms in total. The van der Waals surface area contributed by atoms with Crippen LogP contribution in [0.15, 0.2) is 29.1 Å². The fourth-order valence-electron chi connectivity index (χ4n) is 2.67. The smallest absolute Gasteiger partial charge is 0.252 e. The second kappa shape index (κ2) is 7.61. The summed E-state index contributed by atoms with van der Waals surface area (Å²) in [6.07, 6.45) is 5.16. The van der Waals surface area contributed by atoms with Crippen molar-refractivity contribution in [3.63, 3.8) is 0 Å². The van der Waals surface area contributed by atoms with Crippen molar-refractivity contribution in [2.75, 3.05) is 11.9 Å². The first-order chi connectivity index (χ1) is 11.6. The van der Waals surface area contributed by atoms with Gasteiger partial charge in [0.1, 0.15) is 5.82 Å². The van der Waals surface area contributed by atoms with E-state index in [0.717, 1.165) is 5.82 Å². The lowest BCUT2D eigenvalue weighted by Gasteiger charge is -2.15. The fraction of sp³-hybridized carbons (Fsp3) is 0.471. The molecule has 1 atom stereocenters. The number of thiophene rings is 1. The summed E-state index contributed by atoms with van der Waals surface area (Å²) in [6, 6.07) is 3.93. The molecule has 0 unspecified atom stereocenters. The Bertz CT molecular complexity index is 691. The number of aromatic nitrogens is 2. The van der Waals surface area contributed by atoms with E-state index >= 15 is 0 Å². The Morgan fingerprint density at radius 3 is 2.96 bits per heavy atom. The minimum atomic E-state index is -0.0898. The van der Waals surface area contributed by atoms with Crippen LogP contribution in [0.4, 0.5) is 5.82 Å². The van der Waals surface area contributed by atoms with Crippen molar-refractivity contribution in [2.45, 2.75) is 38.6 Å². The van der Waals surface area contributed by atoms with Crippen LogP contribution in [0.1, 0.15) is 49.0 Å². The molecule has 1 saturated carbocycles. The summed E-state index contributed by atoms with van der Waals surface area (Å²) in [5.41, 5.74) is 0.669. The van der Waals surface area contributed by atoms with Gasteiger partial charge in [-0.2, -0.15) is 16.4 Å². The van der Waals surface area contributed by atoms with Crippen LogP contribution in [-0.4, -0.2) is 28.1 Å². The highest BCUT2D eigenvalue weighted by Crippen LogP contribution is 2.40. The predicted octanol–water partition coefficient (Wildman–Crippen LogP) is 3.06. The summed E-state index contributed by atoms with van der Waals surface area (Å²) >= 11 is 1.49. The van der Waals surface area contributed by atoms with Crippen molar-refractivity contribution < 1.29 is 9.59 Å². The van der Waals surface area contributed by atoms with Crippen LogP contribution >= 0.6 is 11.3 Å². The van der Waals surface area contributed by atoms with E-state index in [9.17, 15) is 9.59 Å². The van der Waals surface area contributed by atoms with Gasteiger partial charge in [-0.1, -0.05) is 0 Å². The number of nitrogens with zero attached hydrogens (tertiary/aromatic N) is 2. The van der Waals surface area contributed by atoms with Crippen LogP contribution in [0.25, 0.3) is 0 Å². The van der Waals surface area contributed by atoms with Crippen molar-refractivity contribution in [1.29, 1.82) is 0 Å². The van der Waals surface area contributed by atoms with Crippen molar-refractivity contribution >= 4 is 29.0 Å². The Balaban J connectivity index is 1.40. The van der Waals surface area contributed by atoms with Gasteiger partial charge in [-0.05, 0) is 43.6 Å². The standard InChI is InChI=1S/C17H22N4O2S/c1-12(13-4-5-13)21-15(6-9-19-21)20-16(22)3-2-8-18-17(23)14-7-10-24-11-14/h6-7,9-13H,2-5,8H2,1H3,(H,18,23)(H,20,22)/t12-/m1/s1. The van der Waals surface area contributed by atoms with Gasteiger partial charge < -0.3 is 10.6 Å². The molecular weight excluding hydrogens is 324 g/mol. The van der Waals surface area contributed by atoms with E-state index < -0.39 is 0 Å². The Hall–Kier alpha value is -2.15. The molecule has 1 aliphatic carbocycles. The summed E-state index contributed by atoms with van der Waals surface area (Å²) in [5, 5.41) is 13.7. The number of hydrogen-bond donors (Lipinski definition) is 2. The average Bonchev–Trinajstić information content (AvgIpc) is 3.08. The van der Waals surface area contributed by atoms with Gasteiger partial charge in [-0.3, -0.25) is 9.59 Å². The van der Waals surface area contributed by atoms with Crippen molar-refractivity contribution in [1.82, 2.24) is 15.1 Å². The maximum atomic E-state index is 12.1. The highest BCUT2D eigenvalue weighted by molar-refractivity contribution is 7.08. The number of carbonyl (C=O) groups excluding carboxylic acids is 2. The lowest BCUT2D eigenvalue weighted by molar-refractivity contribution is -0.116. The number of hydrogen-bond acceptors (Lipinski definition) is 4.